The van der Waals surface area contributed by atoms with Crippen LogP contribution in [0.4, 0.5) is 19.0 Å². The molecule has 0 aliphatic carbocycles. The molecule has 0 aliphatic rings. The number of anilines is 1. The molecule has 25 heavy (non-hydrogen) atoms. The van der Waals surface area contributed by atoms with Gasteiger partial charge in [-0.2, -0.15) is 13.2 Å². The number of hydrogen-bond acceptors (Lipinski definition) is 3. The molecule has 1 N–H and O–H groups in total. The molecular formula is C18H26F3N3O. The molecule has 1 aromatic heterocycles. The van der Waals surface area contributed by atoms with E-state index in [1.54, 1.807) is 17.0 Å². The number of amides is 1. The van der Waals surface area contributed by atoms with Gasteiger partial charge in [0.1, 0.15) is 12.4 Å². The third kappa shape index (κ3) is 6.07. The number of alkyl halides is 3. The molecule has 7 heteroatoms. The number of carbonyl (C=O) groups excluding carboxylic acids is 1. The largest absolute Gasteiger partial charge is 0.405 e. The molecule has 0 bridgehead atoms. The normalized spacial score (nSPS) is 12.6. The lowest BCUT2D eigenvalue weighted by atomic mass is 10.1. The van der Waals surface area contributed by atoms with Gasteiger partial charge in [-0.25, -0.2) is 4.98 Å². The Morgan fingerprint density at radius 1 is 1.36 bits per heavy atom. The van der Waals surface area contributed by atoms with Gasteiger partial charge in [0.25, 0.3) is 0 Å². The summed E-state index contributed by atoms with van der Waals surface area (Å²) < 4.78 is 37.1. The Balaban J connectivity index is 3.17. The van der Waals surface area contributed by atoms with E-state index in [9.17, 15) is 18.0 Å². The molecule has 1 atom stereocenters. The number of halogens is 3. The maximum atomic E-state index is 12.4. The van der Waals surface area contributed by atoms with Crippen molar-refractivity contribution < 1.29 is 18.0 Å². The molecule has 4 nitrogen and oxygen atoms in total. The number of carbonyl (C=O) groups is 1. The molecule has 0 saturated carbocycles. The second kappa shape index (κ2) is 8.87. The van der Waals surface area contributed by atoms with Gasteiger partial charge in [-0.1, -0.05) is 32.9 Å². The number of hydrogen-bond donors (Lipinski definition) is 1. The van der Waals surface area contributed by atoms with E-state index < -0.39 is 12.7 Å². The lowest BCUT2D eigenvalue weighted by Gasteiger charge is -2.31. The number of aromatic nitrogens is 1. The van der Waals surface area contributed by atoms with Crippen molar-refractivity contribution >= 4 is 17.4 Å². The van der Waals surface area contributed by atoms with Gasteiger partial charge in [0.15, 0.2) is 0 Å². The summed E-state index contributed by atoms with van der Waals surface area (Å²) in [5.41, 5.74) is 1.16. The fourth-order valence-corrected chi connectivity index (χ4v) is 2.66. The molecule has 0 radical (unpaired) electrons. The molecule has 0 fully saturated rings. The lowest BCUT2D eigenvalue weighted by molar-refractivity contribution is -0.122. The molecule has 1 amide bonds. The molecule has 0 aliphatic heterocycles. The van der Waals surface area contributed by atoms with Gasteiger partial charge in [-0.15, -0.1) is 0 Å². The average molecular weight is 357 g/mol. The van der Waals surface area contributed by atoms with Crippen LogP contribution in [0.15, 0.2) is 18.7 Å². The summed E-state index contributed by atoms with van der Waals surface area (Å²) in [6.07, 6.45) is -1.82. The van der Waals surface area contributed by atoms with E-state index in [4.69, 9.17) is 0 Å². The monoisotopic (exact) mass is 357 g/mol. The highest BCUT2D eigenvalue weighted by Gasteiger charge is 2.27. The maximum Gasteiger partial charge on any atom is 0.405 e. The third-order valence-corrected chi connectivity index (χ3v) is 3.91. The van der Waals surface area contributed by atoms with E-state index >= 15 is 0 Å². The molecule has 1 aromatic rings. The molecule has 0 saturated heterocycles. The molecule has 0 aromatic carbocycles. The first-order chi connectivity index (χ1) is 11.6. The highest BCUT2D eigenvalue weighted by atomic mass is 19.4. The Kier molecular flexibility index (Phi) is 7.45. The van der Waals surface area contributed by atoms with Crippen LogP contribution in [0.25, 0.3) is 5.70 Å². The van der Waals surface area contributed by atoms with Crippen LogP contribution in [0, 0.1) is 6.92 Å². The second-order valence-corrected chi connectivity index (χ2v) is 6.02. The standard InChI is InChI=1S/C18H26F3N3O/c1-6-8-15(7-2)24(14(5)25)17-12(3)9-10-16(23-17)13(4)22-11-18(19,20)21/h9-10,15,22H,4,6-8,11H2,1-3,5H3. The van der Waals surface area contributed by atoms with Gasteiger partial charge in [0, 0.05) is 13.0 Å². The van der Waals surface area contributed by atoms with Crippen molar-refractivity contribution in [3.63, 3.8) is 0 Å². The molecule has 1 unspecified atom stereocenters. The van der Waals surface area contributed by atoms with Crippen molar-refractivity contribution in [1.29, 1.82) is 0 Å². The SMILES string of the molecule is C=C(NCC(F)(F)F)c1ccc(C)c(N(C(C)=O)C(CC)CCC)n1. The smallest absolute Gasteiger partial charge is 0.375 e. The van der Waals surface area contributed by atoms with Crippen LogP contribution in [0.5, 0.6) is 0 Å². The van der Waals surface area contributed by atoms with E-state index in [1.165, 1.54) is 6.92 Å². The third-order valence-electron chi connectivity index (χ3n) is 3.91. The van der Waals surface area contributed by atoms with Gasteiger partial charge < -0.3 is 5.32 Å². The summed E-state index contributed by atoms with van der Waals surface area (Å²) in [6.45, 7) is 9.79. The van der Waals surface area contributed by atoms with E-state index in [1.807, 2.05) is 20.8 Å². The molecule has 140 valence electrons. The molecule has 0 spiro atoms. The van der Waals surface area contributed by atoms with Crippen LogP contribution >= 0.6 is 0 Å². The summed E-state index contributed by atoms with van der Waals surface area (Å²) in [5, 5.41) is 2.24. The van der Waals surface area contributed by atoms with E-state index in [-0.39, 0.29) is 17.6 Å². The molecular weight excluding hydrogens is 331 g/mol. The Labute approximate surface area is 147 Å². The van der Waals surface area contributed by atoms with Gasteiger partial charge in [-0.3, -0.25) is 9.69 Å². The van der Waals surface area contributed by atoms with Crippen LogP contribution in [-0.4, -0.2) is 29.7 Å². The fourth-order valence-electron chi connectivity index (χ4n) is 2.66. The quantitative estimate of drug-likeness (QED) is 0.748. The number of nitrogens with one attached hydrogen (secondary N) is 1. The Morgan fingerprint density at radius 2 is 2.00 bits per heavy atom. The Bertz CT molecular complexity index is 614. The van der Waals surface area contributed by atoms with Crippen LogP contribution in [0.3, 0.4) is 0 Å². The highest BCUT2D eigenvalue weighted by Crippen LogP contribution is 2.25. The minimum absolute atomic E-state index is 0.000324. The predicted molar refractivity (Wildman–Crippen MR) is 94.2 cm³/mol. The Hall–Kier alpha value is -2.05. The minimum atomic E-state index is -4.34. The zero-order valence-electron chi connectivity index (χ0n) is 15.2. The van der Waals surface area contributed by atoms with Crippen molar-refractivity contribution in [3.8, 4) is 0 Å². The van der Waals surface area contributed by atoms with Crippen molar-refractivity contribution in [2.24, 2.45) is 0 Å². The van der Waals surface area contributed by atoms with Crippen LogP contribution in [0.1, 0.15) is 51.3 Å². The molecule has 1 rings (SSSR count). The average Bonchev–Trinajstić information content (AvgIpc) is 2.52. The summed E-state index contributed by atoms with van der Waals surface area (Å²) in [6, 6.07) is 3.34. The summed E-state index contributed by atoms with van der Waals surface area (Å²) in [4.78, 5) is 18.3. The lowest BCUT2D eigenvalue weighted by Crippen LogP contribution is -2.40. The van der Waals surface area contributed by atoms with Gasteiger partial charge >= 0.3 is 6.18 Å². The second-order valence-electron chi connectivity index (χ2n) is 6.02. The highest BCUT2D eigenvalue weighted by molar-refractivity contribution is 5.92. The van der Waals surface area contributed by atoms with E-state index in [0.29, 0.717) is 11.5 Å². The zero-order chi connectivity index (χ0) is 19.2. The topological polar surface area (TPSA) is 45.2 Å². The van der Waals surface area contributed by atoms with Crippen LogP contribution < -0.4 is 10.2 Å². The first-order valence-corrected chi connectivity index (χ1v) is 8.38. The van der Waals surface area contributed by atoms with E-state index in [0.717, 1.165) is 24.8 Å². The van der Waals surface area contributed by atoms with Crippen LogP contribution in [0.2, 0.25) is 0 Å². The number of nitrogens with zero attached hydrogens (tertiary/aromatic N) is 2. The summed E-state index contributed by atoms with van der Waals surface area (Å²) >= 11 is 0. The van der Waals surface area contributed by atoms with Gasteiger partial charge in [0.2, 0.25) is 5.91 Å². The van der Waals surface area contributed by atoms with Gasteiger partial charge in [0.05, 0.1) is 11.4 Å². The number of pyridine rings is 1. The predicted octanol–water partition coefficient (Wildman–Crippen LogP) is 4.44. The van der Waals surface area contributed by atoms with Crippen molar-refractivity contribution in [2.45, 2.75) is 59.2 Å². The van der Waals surface area contributed by atoms with Gasteiger partial charge in [-0.05, 0) is 31.4 Å². The van der Waals surface area contributed by atoms with Crippen LogP contribution in [-0.2, 0) is 4.79 Å². The van der Waals surface area contributed by atoms with Crippen molar-refractivity contribution in [1.82, 2.24) is 10.3 Å². The summed E-state index contributed by atoms with van der Waals surface area (Å²) in [5.74, 6) is 0.335. The zero-order valence-corrected chi connectivity index (χ0v) is 15.2. The van der Waals surface area contributed by atoms with Crippen molar-refractivity contribution in [2.75, 3.05) is 11.4 Å². The number of aryl methyl sites for hydroxylation is 1. The summed E-state index contributed by atoms with van der Waals surface area (Å²) in [7, 11) is 0. The number of rotatable bonds is 8. The maximum absolute atomic E-state index is 12.4. The minimum Gasteiger partial charge on any atom is -0.375 e. The van der Waals surface area contributed by atoms with Crippen molar-refractivity contribution in [3.05, 3.63) is 30.0 Å². The molecule has 1 heterocycles. The first kappa shape index (κ1) is 21.0. The fraction of sp³-hybridized carbons (Fsp3) is 0.556. The van der Waals surface area contributed by atoms with E-state index in [2.05, 4.69) is 16.9 Å². The first-order valence-electron chi connectivity index (χ1n) is 8.38. The Morgan fingerprint density at radius 3 is 2.48 bits per heavy atom.